The van der Waals surface area contributed by atoms with Gasteiger partial charge in [0.25, 0.3) is 0 Å². The van der Waals surface area contributed by atoms with Crippen LogP contribution >= 0.6 is 0 Å². The molecule has 1 aliphatic carbocycles. The number of amides is 1. The number of hydrogen-bond acceptors (Lipinski definition) is 4. The zero-order chi connectivity index (χ0) is 17.6. The van der Waals surface area contributed by atoms with Gasteiger partial charge in [0.05, 0.1) is 23.5 Å². The van der Waals surface area contributed by atoms with Gasteiger partial charge in [-0.2, -0.15) is 4.31 Å². The largest absolute Gasteiger partial charge is 0.375 e. The molecule has 0 bridgehead atoms. The summed E-state index contributed by atoms with van der Waals surface area (Å²) in [5.74, 6) is -0.00138. The maximum Gasteiger partial charge on any atom is 0.243 e. The van der Waals surface area contributed by atoms with Crippen molar-refractivity contribution in [3.05, 3.63) is 23.8 Å². The van der Waals surface area contributed by atoms with Gasteiger partial charge in [-0.05, 0) is 55.9 Å². The van der Waals surface area contributed by atoms with Crippen molar-refractivity contribution < 1.29 is 17.9 Å². The van der Waals surface area contributed by atoms with Crippen molar-refractivity contribution in [2.45, 2.75) is 55.6 Å². The van der Waals surface area contributed by atoms with Crippen molar-refractivity contribution >= 4 is 21.6 Å². The first-order valence-electron chi connectivity index (χ1n) is 9.00. The molecular formula is C18H24N2O4S. The Balaban J connectivity index is 1.45. The molecule has 7 heteroatoms. The number of fused-ring (bicyclic) bond motifs is 1. The van der Waals surface area contributed by atoms with E-state index in [1.807, 2.05) is 0 Å². The first-order chi connectivity index (χ1) is 11.9. The number of carbonyl (C=O) groups excluding carboxylic acids is 1. The maximum atomic E-state index is 12.9. The molecule has 0 N–H and O–H groups in total. The lowest BCUT2D eigenvalue weighted by atomic mass is 9.95. The smallest absolute Gasteiger partial charge is 0.243 e. The van der Waals surface area contributed by atoms with Crippen LogP contribution in [0.2, 0.25) is 0 Å². The van der Waals surface area contributed by atoms with E-state index in [0.717, 1.165) is 36.9 Å². The highest BCUT2D eigenvalue weighted by molar-refractivity contribution is 7.89. The van der Waals surface area contributed by atoms with Crippen molar-refractivity contribution in [2.24, 2.45) is 0 Å². The number of benzene rings is 1. The minimum absolute atomic E-state index is 0.00138. The van der Waals surface area contributed by atoms with Crippen LogP contribution in [0, 0.1) is 0 Å². The van der Waals surface area contributed by atoms with E-state index >= 15 is 0 Å². The number of hydrogen-bond donors (Lipinski definition) is 0. The van der Waals surface area contributed by atoms with Crippen molar-refractivity contribution in [1.29, 1.82) is 0 Å². The molecular weight excluding hydrogens is 340 g/mol. The number of piperidine rings is 1. The van der Waals surface area contributed by atoms with Crippen LogP contribution < -0.4 is 4.90 Å². The Labute approximate surface area is 148 Å². The van der Waals surface area contributed by atoms with Crippen molar-refractivity contribution in [3.63, 3.8) is 0 Å². The second-order valence-corrected chi connectivity index (χ2v) is 9.15. The van der Waals surface area contributed by atoms with Gasteiger partial charge in [0.15, 0.2) is 0 Å². The lowest BCUT2D eigenvalue weighted by Gasteiger charge is -2.35. The third-order valence-electron chi connectivity index (χ3n) is 5.60. The fraction of sp³-hybridized carbons (Fsp3) is 0.611. The molecule has 2 heterocycles. The van der Waals surface area contributed by atoms with E-state index in [1.54, 1.807) is 34.5 Å². The summed E-state index contributed by atoms with van der Waals surface area (Å²) < 4.78 is 33.4. The number of carbonyl (C=O) groups is 1. The second kappa shape index (κ2) is 6.37. The Kier molecular flexibility index (Phi) is 4.33. The van der Waals surface area contributed by atoms with Crippen LogP contribution in [0.3, 0.4) is 0 Å². The number of ether oxygens (including phenoxy) is 1. The molecule has 25 heavy (non-hydrogen) atoms. The summed E-state index contributed by atoms with van der Waals surface area (Å²) in [6, 6.07) is 5.00. The standard InChI is InChI=1S/C18H24N2O4S/c1-19-17-6-5-16(11-13(17)12-18(19)21)25(22,23)20-9-7-15(8-10-20)24-14-3-2-4-14/h5-6,11,14-15H,2-4,7-10,12H2,1H3. The third kappa shape index (κ3) is 3.09. The molecule has 1 saturated carbocycles. The Morgan fingerprint density at radius 2 is 1.76 bits per heavy atom. The van der Waals surface area contributed by atoms with E-state index in [2.05, 4.69) is 0 Å². The minimum Gasteiger partial charge on any atom is -0.375 e. The van der Waals surface area contributed by atoms with Crippen LogP contribution in [-0.2, 0) is 26.0 Å². The summed E-state index contributed by atoms with van der Waals surface area (Å²) in [4.78, 5) is 13.7. The normalized spacial score (nSPS) is 22.9. The molecule has 0 radical (unpaired) electrons. The number of likely N-dealkylation sites (N-methyl/N-ethyl adjacent to an activating group) is 1. The molecule has 6 nitrogen and oxygen atoms in total. The highest BCUT2D eigenvalue weighted by Crippen LogP contribution is 2.32. The summed E-state index contributed by atoms with van der Waals surface area (Å²) in [6.07, 6.45) is 5.87. The van der Waals surface area contributed by atoms with Crippen molar-refractivity contribution in [2.75, 3.05) is 25.0 Å². The lowest BCUT2D eigenvalue weighted by Crippen LogP contribution is -2.42. The van der Waals surface area contributed by atoms with Gasteiger partial charge in [-0.1, -0.05) is 0 Å². The van der Waals surface area contributed by atoms with Gasteiger partial charge in [0, 0.05) is 25.8 Å². The highest BCUT2D eigenvalue weighted by Gasteiger charge is 2.33. The monoisotopic (exact) mass is 364 g/mol. The molecule has 0 unspecified atom stereocenters. The average Bonchev–Trinajstić information content (AvgIpc) is 2.85. The second-order valence-electron chi connectivity index (χ2n) is 7.21. The predicted octanol–water partition coefficient (Wildman–Crippen LogP) is 1.93. The Morgan fingerprint density at radius 1 is 1.08 bits per heavy atom. The van der Waals surface area contributed by atoms with Gasteiger partial charge in [-0.15, -0.1) is 0 Å². The van der Waals surface area contributed by atoms with Gasteiger partial charge < -0.3 is 9.64 Å². The van der Waals surface area contributed by atoms with Crippen LogP contribution in [0.1, 0.15) is 37.7 Å². The van der Waals surface area contributed by atoms with Crippen molar-refractivity contribution in [1.82, 2.24) is 4.31 Å². The number of rotatable bonds is 4. The van der Waals surface area contributed by atoms with Gasteiger partial charge in [-0.3, -0.25) is 4.79 Å². The molecule has 136 valence electrons. The highest BCUT2D eigenvalue weighted by atomic mass is 32.2. The fourth-order valence-corrected chi connectivity index (χ4v) is 5.26. The van der Waals surface area contributed by atoms with E-state index in [1.165, 1.54) is 6.42 Å². The maximum absolute atomic E-state index is 12.9. The molecule has 1 aromatic rings. The zero-order valence-corrected chi connectivity index (χ0v) is 15.3. The van der Waals surface area contributed by atoms with Gasteiger partial charge in [0.2, 0.25) is 15.9 Å². The molecule has 1 saturated heterocycles. The van der Waals surface area contributed by atoms with Gasteiger partial charge in [-0.25, -0.2) is 8.42 Å². The molecule has 1 amide bonds. The van der Waals surface area contributed by atoms with Gasteiger partial charge >= 0.3 is 0 Å². The Bertz CT molecular complexity index is 780. The average molecular weight is 364 g/mol. The molecule has 0 aromatic heterocycles. The van der Waals surface area contributed by atoms with E-state index in [9.17, 15) is 13.2 Å². The number of sulfonamides is 1. The summed E-state index contributed by atoms with van der Waals surface area (Å²) in [5, 5.41) is 0. The molecule has 2 aliphatic heterocycles. The van der Waals surface area contributed by atoms with Crippen LogP contribution in [0.15, 0.2) is 23.1 Å². The van der Waals surface area contributed by atoms with E-state index in [4.69, 9.17) is 4.74 Å². The number of nitrogens with zero attached hydrogens (tertiary/aromatic N) is 2. The SMILES string of the molecule is CN1C(=O)Cc2cc(S(=O)(=O)N3CCC(OC4CCC4)CC3)ccc21. The summed E-state index contributed by atoms with van der Waals surface area (Å²) >= 11 is 0. The Hall–Kier alpha value is -1.44. The topological polar surface area (TPSA) is 66.9 Å². The Morgan fingerprint density at radius 3 is 2.40 bits per heavy atom. The first-order valence-corrected chi connectivity index (χ1v) is 10.4. The summed E-state index contributed by atoms with van der Waals surface area (Å²) in [7, 11) is -1.80. The zero-order valence-electron chi connectivity index (χ0n) is 14.5. The lowest BCUT2D eigenvalue weighted by molar-refractivity contribution is -0.117. The van der Waals surface area contributed by atoms with Crippen LogP contribution in [-0.4, -0.2) is 51.0 Å². The molecule has 0 spiro atoms. The molecule has 4 rings (SSSR count). The first kappa shape index (κ1) is 17.0. The van der Waals surface area contributed by atoms with Crippen LogP contribution in [0.4, 0.5) is 5.69 Å². The quantitative estimate of drug-likeness (QED) is 0.819. The van der Waals surface area contributed by atoms with E-state index in [-0.39, 0.29) is 23.3 Å². The van der Waals surface area contributed by atoms with E-state index < -0.39 is 10.0 Å². The molecule has 1 aromatic carbocycles. The predicted molar refractivity (Wildman–Crippen MR) is 94.1 cm³/mol. The van der Waals surface area contributed by atoms with E-state index in [0.29, 0.717) is 19.2 Å². The minimum atomic E-state index is -3.51. The summed E-state index contributed by atoms with van der Waals surface area (Å²) in [6.45, 7) is 0.991. The number of anilines is 1. The van der Waals surface area contributed by atoms with Crippen LogP contribution in [0.25, 0.3) is 0 Å². The van der Waals surface area contributed by atoms with Crippen molar-refractivity contribution in [3.8, 4) is 0 Å². The summed E-state index contributed by atoms with van der Waals surface area (Å²) in [5.41, 5.74) is 1.59. The molecule has 0 atom stereocenters. The molecule has 3 aliphatic rings. The van der Waals surface area contributed by atoms with Gasteiger partial charge in [0.1, 0.15) is 0 Å². The third-order valence-corrected chi connectivity index (χ3v) is 7.50. The molecule has 2 fully saturated rings. The fourth-order valence-electron chi connectivity index (χ4n) is 3.74. The van der Waals surface area contributed by atoms with Crippen LogP contribution in [0.5, 0.6) is 0 Å².